The first-order valence-corrected chi connectivity index (χ1v) is 10.1. The monoisotopic (exact) mass is 395 g/mol. The number of hydrogen-bond donors (Lipinski definition) is 2. The van der Waals surface area contributed by atoms with Gasteiger partial charge < -0.3 is 14.8 Å². The zero-order chi connectivity index (χ0) is 21.3. The summed E-state index contributed by atoms with van der Waals surface area (Å²) < 4.78 is 2.27. The molecule has 0 spiro atoms. The fourth-order valence-corrected chi connectivity index (χ4v) is 3.77. The van der Waals surface area contributed by atoms with E-state index in [2.05, 4.69) is 61.4 Å². The Morgan fingerprint density at radius 1 is 0.867 bits per heavy atom. The lowest BCUT2D eigenvalue weighted by Gasteiger charge is -2.13. The number of fused-ring (bicyclic) bond motifs is 1. The lowest BCUT2D eigenvalue weighted by atomic mass is 10.1. The molecule has 3 aromatic carbocycles. The Labute approximate surface area is 177 Å². The van der Waals surface area contributed by atoms with Gasteiger partial charge in [-0.15, -0.1) is 0 Å². The lowest BCUT2D eigenvalue weighted by molar-refractivity contribution is 0.475. The van der Waals surface area contributed by atoms with E-state index in [1.165, 1.54) is 5.56 Å². The van der Waals surface area contributed by atoms with Crippen molar-refractivity contribution in [2.75, 3.05) is 0 Å². The Morgan fingerprint density at radius 3 is 2.20 bits per heavy atom. The van der Waals surface area contributed by atoms with Gasteiger partial charge in [-0.3, -0.25) is 0 Å². The third kappa shape index (κ3) is 3.90. The summed E-state index contributed by atoms with van der Waals surface area (Å²) in [6.45, 7) is 6.95. The number of nitrogens with zero attached hydrogens (tertiary/aromatic N) is 1. The van der Waals surface area contributed by atoms with Crippen molar-refractivity contribution in [3.05, 3.63) is 83.4 Å². The topological polar surface area (TPSA) is 45.4 Å². The van der Waals surface area contributed by atoms with Crippen LogP contribution in [0.4, 0.5) is 0 Å². The molecule has 2 N–H and O–H groups in total. The maximum absolute atomic E-state index is 10.0. The summed E-state index contributed by atoms with van der Waals surface area (Å²) in [7, 11) is 0. The second-order valence-electron chi connectivity index (χ2n) is 7.93. The number of hydrogen-bond acceptors (Lipinski definition) is 2. The number of benzene rings is 3. The predicted octanol–water partition coefficient (Wildman–Crippen LogP) is 6.08. The van der Waals surface area contributed by atoms with Crippen LogP contribution in [0.15, 0.2) is 66.7 Å². The van der Waals surface area contributed by atoms with Crippen molar-refractivity contribution in [3.8, 4) is 34.6 Å². The predicted molar refractivity (Wildman–Crippen MR) is 123 cm³/mol. The van der Waals surface area contributed by atoms with E-state index in [0.717, 1.165) is 33.3 Å². The van der Waals surface area contributed by atoms with Crippen molar-refractivity contribution < 1.29 is 10.2 Å². The minimum Gasteiger partial charge on any atom is -0.508 e. The van der Waals surface area contributed by atoms with Gasteiger partial charge in [-0.05, 0) is 78.2 Å². The van der Waals surface area contributed by atoms with Crippen LogP contribution in [0.5, 0.6) is 11.5 Å². The summed E-state index contributed by atoms with van der Waals surface area (Å²) in [6, 6.07) is 21.1. The first-order valence-electron chi connectivity index (χ1n) is 10.1. The van der Waals surface area contributed by atoms with Gasteiger partial charge in [0.1, 0.15) is 11.5 Å². The number of aromatic hydroxyl groups is 2. The first-order chi connectivity index (χ1) is 14.4. The SMILES string of the molecule is Cc1c(-c2ccc(O)cc2)n(Cc2ccc(C#CC(C)C)cc2)c2ccc(O)cc12. The van der Waals surface area contributed by atoms with Gasteiger partial charge in [-0.2, -0.15) is 0 Å². The van der Waals surface area contributed by atoms with Crippen molar-refractivity contribution in [3.63, 3.8) is 0 Å². The van der Waals surface area contributed by atoms with E-state index in [0.29, 0.717) is 12.5 Å². The molecule has 0 radical (unpaired) electrons. The molecule has 0 unspecified atom stereocenters. The second-order valence-corrected chi connectivity index (χ2v) is 7.93. The molecule has 4 aromatic rings. The summed E-state index contributed by atoms with van der Waals surface area (Å²) in [5.74, 6) is 7.26. The molecule has 150 valence electrons. The van der Waals surface area contributed by atoms with Crippen molar-refractivity contribution in [1.29, 1.82) is 0 Å². The number of aromatic nitrogens is 1. The van der Waals surface area contributed by atoms with Crippen LogP contribution in [0.25, 0.3) is 22.2 Å². The quantitative estimate of drug-likeness (QED) is 0.413. The zero-order valence-electron chi connectivity index (χ0n) is 17.5. The molecule has 0 fully saturated rings. The largest absolute Gasteiger partial charge is 0.508 e. The molecule has 30 heavy (non-hydrogen) atoms. The molecule has 0 aliphatic rings. The first kappa shape index (κ1) is 19.7. The minimum absolute atomic E-state index is 0.245. The summed E-state index contributed by atoms with van der Waals surface area (Å²) in [5, 5.41) is 20.7. The molecule has 1 aromatic heterocycles. The summed E-state index contributed by atoms with van der Waals surface area (Å²) in [4.78, 5) is 0. The van der Waals surface area contributed by atoms with E-state index in [9.17, 15) is 10.2 Å². The average Bonchev–Trinajstić information content (AvgIpc) is 2.99. The average molecular weight is 396 g/mol. The van der Waals surface area contributed by atoms with Gasteiger partial charge in [0.05, 0.1) is 5.69 Å². The van der Waals surface area contributed by atoms with Crippen LogP contribution in [0.1, 0.15) is 30.5 Å². The molecule has 0 bridgehead atoms. The van der Waals surface area contributed by atoms with Crippen LogP contribution >= 0.6 is 0 Å². The van der Waals surface area contributed by atoms with Gasteiger partial charge in [-0.1, -0.05) is 37.8 Å². The maximum atomic E-state index is 10.0. The molecule has 4 rings (SSSR count). The Hall–Kier alpha value is -3.64. The Morgan fingerprint density at radius 2 is 1.53 bits per heavy atom. The molecular weight excluding hydrogens is 370 g/mol. The van der Waals surface area contributed by atoms with Gasteiger partial charge in [0.2, 0.25) is 0 Å². The molecular formula is C27H25NO2. The van der Waals surface area contributed by atoms with Crippen LogP contribution in [-0.4, -0.2) is 14.8 Å². The Balaban J connectivity index is 1.80. The molecule has 3 nitrogen and oxygen atoms in total. The lowest BCUT2D eigenvalue weighted by Crippen LogP contribution is -2.02. The summed E-state index contributed by atoms with van der Waals surface area (Å²) >= 11 is 0. The number of phenolic OH excluding ortho intramolecular Hbond substituents is 2. The van der Waals surface area contributed by atoms with E-state index in [4.69, 9.17) is 0 Å². The highest BCUT2D eigenvalue weighted by Crippen LogP contribution is 2.36. The van der Waals surface area contributed by atoms with Gasteiger partial charge in [0.15, 0.2) is 0 Å². The minimum atomic E-state index is 0.245. The smallest absolute Gasteiger partial charge is 0.116 e. The molecule has 0 saturated carbocycles. The van der Waals surface area contributed by atoms with Crippen molar-refractivity contribution >= 4 is 10.9 Å². The Bertz CT molecular complexity index is 1250. The highest BCUT2D eigenvalue weighted by Gasteiger charge is 2.16. The normalized spacial score (nSPS) is 10.9. The fraction of sp³-hybridized carbons (Fsp3) is 0.185. The third-order valence-corrected chi connectivity index (χ3v) is 5.24. The van der Waals surface area contributed by atoms with Crippen molar-refractivity contribution in [1.82, 2.24) is 4.57 Å². The van der Waals surface area contributed by atoms with Gasteiger partial charge in [0.25, 0.3) is 0 Å². The highest BCUT2D eigenvalue weighted by atomic mass is 16.3. The van der Waals surface area contributed by atoms with Gasteiger partial charge in [0, 0.05) is 28.9 Å². The molecule has 0 amide bonds. The molecule has 0 aliphatic heterocycles. The van der Waals surface area contributed by atoms with E-state index in [1.54, 1.807) is 18.2 Å². The second kappa shape index (κ2) is 8.00. The third-order valence-electron chi connectivity index (χ3n) is 5.24. The molecule has 3 heteroatoms. The summed E-state index contributed by atoms with van der Waals surface area (Å²) in [6.07, 6.45) is 0. The molecule has 0 aliphatic carbocycles. The summed E-state index contributed by atoms with van der Waals surface area (Å²) in [5.41, 5.74) is 6.47. The van der Waals surface area contributed by atoms with Crippen LogP contribution < -0.4 is 0 Å². The standard InChI is InChI=1S/C27H25NO2/c1-18(2)4-5-20-6-8-21(9-7-20)17-28-26-15-14-24(30)16-25(26)19(3)27(28)22-10-12-23(29)13-11-22/h6-16,18,29-30H,17H2,1-3H3. The van der Waals surface area contributed by atoms with Crippen LogP contribution in [-0.2, 0) is 6.54 Å². The van der Waals surface area contributed by atoms with Gasteiger partial charge in [-0.25, -0.2) is 0 Å². The van der Waals surface area contributed by atoms with E-state index < -0.39 is 0 Å². The van der Waals surface area contributed by atoms with Crippen LogP contribution in [0.2, 0.25) is 0 Å². The zero-order valence-corrected chi connectivity index (χ0v) is 17.5. The van der Waals surface area contributed by atoms with E-state index in [1.807, 2.05) is 24.3 Å². The van der Waals surface area contributed by atoms with E-state index >= 15 is 0 Å². The Kier molecular flexibility index (Phi) is 5.25. The molecule has 0 atom stereocenters. The highest BCUT2D eigenvalue weighted by molar-refractivity contribution is 5.92. The van der Waals surface area contributed by atoms with Crippen molar-refractivity contribution in [2.45, 2.75) is 27.3 Å². The maximum Gasteiger partial charge on any atom is 0.116 e. The molecule has 0 saturated heterocycles. The van der Waals surface area contributed by atoms with Crippen molar-refractivity contribution in [2.24, 2.45) is 5.92 Å². The van der Waals surface area contributed by atoms with E-state index in [-0.39, 0.29) is 11.5 Å². The number of rotatable bonds is 3. The number of aryl methyl sites for hydroxylation is 1. The molecule has 1 heterocycles. The van der Waals surface area contributed by atoms with Crippen LogP contribution in [0, 0.1) is 24.7 Å². The van der Waals surface area contributed by atoms with Gasteiger partial charge >= 0.3 is 0 Å². The fourth-order valence-electron chi connectivity index (χ4n) is 3.77. The number of phenols is 2. The van der Waals surface area contributed by atoms with Crippen LogP contribution in [0.3, 0.4) is 0 Å².